The lowest BCUT2D eigenvalue weighted by Crippen LogP contribution is -2.36. The van der Waals surface area contributed by atoms with E-state index < -0.39 is 0 Å². The maximum Gasteiger partial charge on any atom is 0.0377 e. The van der Waals surface area contributed by atoms with Gasteiger partial charge in [0.15, 0.2) is 0 Å². The molecule has 1 aromatic carbocycles. The quantitative estimate of drug-likeness (QED) is 0.835. The molecule has 0 amide bonds. The van der Waals surface area contributed by atoms with E-state index in [1.165, 1.54) is 22.1 Å². The number of nitrogens with one attached hydrogen (secondary N) is 1. The molecule has 2 aromatic rings. The van der Waals surface area contributed by atoms with Crippen LogP contribution in [0.1, 0.15) is 45.6 Å². The van der Waals surface area contributed by atoms with Crippen LogP contribution in [0.25, 0.3) is 10.1 Å². The molecule has 1 unspecified atom stereocenters. The monoisotopic (exact) mass is 261 g/mol. The van der Waals surface area contributed by atoms with Gasteiger partial charge in [0.25, 0.3) is 0 Å². The lowest BCUT2D eigenvalue weighted by molar-refractivity contribution is 0.414. The van der Waals surface area contributed by atoms with E-state index in [0.29, 0.717) is 5.92 Å². The van der Waals surface area contributed by atoms with E-state index in [1.807, 2.05) is 11.3 Å². The van der Waals surface area contributed by atoms with Crippen LogP contribution in [0.4, 0.5) is 0 Å². The van der Waals surface area contributed by atoms with E-state index in [0.717, 1.165) is 6.54 Å². The van der Waals surface area contributed by atoms with Gasteiger partial charge in [0.2, 0.25) is 0 Å². The second-order valence-corrected chi connectivity index (χ2v) is 6.97. The minimum atomic E-state index is 0.217. The van der Waals surface area contributed by atoms with Crippen molar-refractivity contribution in [2.75, 3.05) is 6.54 Å². The molecule has 1 atom stereocenters. The van der Waals surface area contributed by atoms with Crippen molar-refractivity contribution in [3.8, 4) is 0 Å². The number of rotatable bonds is 4. The van der Waals surface area contributed by atoms with Gasteiger partial charge in [0.05, 0.1) is 0 Å². The van der Waals surface area contributed by atoms with Crippen LogP contribution in [0.2, 0.25) is 0 Å². The molecule has 0 aliphatic rings. The Morgan fingerprint density at radius 3 is 2.72 bits per heavy atom. The highest BCUT2D eigenvalue weighted by molar-refractivity contribution is 7.17. The van der Waals surface area contributed by atoms with Crippen molar-refractivity contribution in [3.63, 3.8) is 0 Å². The van der Waals surface area contributed by atoms with Gasteiger partial charge in [-0.1, -0.05) is 25.1 Å². The van der Waals surface area contributed by atoms with Crippen LogP contribution < -0.4 is 5.32 Å². The number of fused-ring (bicyclic) bond motifs is 1. The highest BCUT2D eigenvalue weighted by Crippen LogP contribution is 2.31. The van der Waals surface area contributed by atoms with E-state index in [-0.39, 0.29) is 5.54 Å². The van der Waals surface area contributed by atoms with Gasteiger partial charge in [0.1, 0.15) is 0 Å². The third-order valence-corrected chi connectivity index (χ3v) is 4.25. The van der Waals surface area contributed by atoms with Crippen LogP contribution in [0, 0.1) is 0 Å². The Kier molecular flexibility index (Phi) is 4.08. The molecule has 0 aliphatic heterocycles. The van der Waals surface area contributed by atoms with Crippen molar-refractivity contribution < 1.29 is 0 Å². The molecule has 0 saturated carbocycles. The second kappa shape index (κ2) is 5.41. The largest absolute Gasteiger partial charge is 0.312 e. The minimum absolute atomic E-state index is 0.217. The van der Waals surface area contributed by atoms with Crippen molar-refractivity contribution in [1.82, 2.24) is 5.32 Å². The summed E-state index contributed by atoms with van der Waals surface area (Å²) in [6.45, 7) is 10.1. The van der Waals surface area contributed by atoms with Gasteiger partial charge in [-0.3, -0.25) is 0 Å². The van der Waals surface area contributed by atoms with Crippen molar-refractivity contribution in [1.29, 1.82) is 0 Å². The summed E-state index contributed by atoms with van der Waals surface area (Å²) in [5, 5.41) is 7.14. The summed E-state index contributed by atoms with van der Waals surface area (Å²) in [6, 6.07) is 8.87. The number of benzene rings is 1. The first-order chi connectivity index (χ1) is 8.47. The summed E-state index contributed by atoms with van der Waals surface area (Å²) < 4.78 is 1.46. The normalized spacial score (nSPS) is 14.0. The fraction of sp³-hybridized carbons (Fsp3) is 0.500. The van der Waals surface area contributed by atoms with Gasteiger partial charge in [-0.05, 0) is 62.1 Å². The van der Waals surface area contributed by atoms with E-state index in [2.05, 4.69) is 62.7 Å². The molecule has 0 bridgehead atoms. The predicted molar refractivity (Wildman–Crippen MR) is 82.6 cm³/mol. The van der Waals surface area contributed by atoms with Gasteiger partial charge in [-0.25, -0.2) is 0 Å². The molecule has 2 heteroatoms. The number of hydrogen-bond donors (Lipinski definition) is 1. The molecule has 0 saturated heterocycles. The highest BCUT2D eigenvalue weighted by atomic mass is 32.1. The number of hydrogen-bond acceptors (Lipinski definition) is 2. The summed E-state index contributed by atoms with van der Waals surface area (Å²) >= 11 is 1.86. The van der Waals surface area contributed by atoms with Crippen LogP contribution in [-0.2, 0) is 0 Å². The molecule has 1 N–H and O–H groups in total. The smallest absolute Gasteiger partial charge is 0.0377 e. The maximum absolute atomic E-state index is 3.57. The zero-order valence-electron chi connectivity index (χ0n) is 11.8. The minimum Gasteiger partial charge on any atom is -0.312 e. The molecule has 18 heavy (non-hydrogen) atoms. The fourth-order valence-electron chi connectivity index (χ4n) is 2.22. The summed E-state index contributed by atoms with van der Waals surface area (Å²) in [6.07, 6.45) is 1.19. The van der Waals surface area contributed by atoms with Gasteiger partial charge >= 0.3 is 0 Å². The molecule has 2 rings (SSSR count). The third kappa shape index (κ3) is 3.33. The predicted octanol–water partition coefficient (Wildman–Crippen LogP) is 4.78. The lowest BCUT2D eigenvalue weighted by Gasteiger charge is -2.22. The Morgan fingerprint density at radius 1 is 1.22 bits per heavy atom. The molecular formula is C16H23NS. The van der Waals surface area contributed by atoms with Gasteiger partial charge in [0, 0.05) is 10.2 Å². The Hall–Kier alpha value is -0.860. The first kappa shape index (κ1) is 13.6. The van der Waals surface area contributed by atoms with E-state index in [1.54, 1.807) is 0 Å². The van der Waals surface area contributed by atoms with Crippen LogP contribution in [0.15, 0.2) is 29.6 Å². The zero-order valence-corrected chi connectivity index (χ0v) is 12.6. The van der Waals surface area contributed by atoms with Gasteiger partial charge in [-0.2, -0.15) is 0 Å². The lowest BCUT2D eigenvalue weighted by atomic mass is 9.96. The Morgan fingerprint density at radius 2 is 2.00 bits per heavy atom. The Labute approximate surface area is 114 Å². The van der Waals surface area contributed by atoms with Crippen LogP contribution in [0.5, 0.6) is 0 Å². The van der Waals surface area contributed by atoms with Gasteiger partial charge in [-0.15, -0.1) is 11.3 Å². The van der Waals surface area contributed by atoms with E-state index in [9.17, 15) is 0 Å². The van der Waals surface area contributed by atoms with E-state index in [4.69, 9.17) is 0 Å². The summed E-state index contributed by atoms with van der Waals surface area (Å²) in [5.74, 6) is 0.613. The molecular weight excluding hydrogens is 238 g/mol. The van der Waals surface area contributed by atoms with E-state index >= 15 is 0 Å². The summed E-state index contributed by atoms with van der Waals surface area (Å²) in [5.41, 5.74) is 1.72. The summed E-state index contributed by atoms with van der Waals surface area (Å²) in [4.78, 5) is 0. The van der Waals surface area contributed by atoms with Crippen LogP contribution in [-0.4, -0.2) is 12.1 Å². The average molecular weight is 261 g/mol. The van der Waals surface area contributed by atoms with Crippen molar-refractivity contribution in [2.45, 2.75) is 45.6 Å². The van der Waals surface area contributed by atoms with Crippen molar-refractivity contribution in [3.05, 3.63) is 35.2 Å². The first-order valence-corrected chi connectivity index (χ1v) is 7.56. The van der Waals surface area contributed by atoms with Crippen molar-refractivity contribution >= 4 is 21.4 Å². The van der Waals surface area contributed by atoms with Gasteiger partial charge < -0.3 is 5.32 Å². The Balaban J connectivity index is 2.05. The second-order valence-electron chi connectivity index (χ2n) is 6.05. The van der Waals surface area contributed by atoms with Crippen LogP contribution >= 0.6 is 11.3 Å². The molecule has 1 aromatic heterocycles. The standard InChI is InChI=1S/C16H23NS/c1-12(8-10-17-16(2,3)4)14-7-5-6-13-9-11-18-15(13)14/h5-7,9,11-12,17H,8,10H2,1-4H3. The third-order valence-electron chi connectivity index (χ3n) is 3.27. The molecule has 0 radical (unpaired) electrons. The average Bonchev–Trinajstić information content (AvgIpc) is 2.74. The molecule has 0 aliphatic carbocycles. The zero-order chi connectivity index (χ0) is 13.2. The fourth-order valence-corrected chi connectivity index (χ4v) is 3.25. The molecule has 0 spiro atoms. The SMILES string of the molecule is CC(CCNC(C)(C)C)c1cccc2ccsc12. The molecule has 0 fully saturated rings. The summed E-state index contributed by atoms with van der Waals surface area (Å²) in [7, 11) is 0. The van der Waals surface area contributed by atoms with Crippen molar-refractivity contribution in [2.24, 2.45) is 0 Å². The molecule has 1 heterocycles. The highest BCUT2D eigenvalue weighted by Gasteiger charge is 2.12. The molecule has 98 valence electrons. The number of thiophene rings is 1. The first-order valence-electron chi connectivity index (χ1n) is 6.68. The topological polar surface area (TPSA) is 12.0 Å². The maximum atomic E-state index is 3.57. The molecule has 1 nitrogen and oxygen atoms in total. The Bertz CT molecular complexity index is 507. The van der Waals surface area contributed by atoms with Crippen LogP contribution in [0.3, 0.4) is 0 Å².